The number of ketones is 1. The fourth-order valence-corrected chi connectivity index (χ4v) is 6.35. The first-order valence-electron chi connectivity index (χ1n) is 15.3. The first kappa shape index (κ1) is 33.2. The highest BCUT2D eigenvalue weighted by Gasteiger charge is 2.46. The maximum absolute atomic E-state index is 13.6. The van der Waals surface area contributed by atoms with E-state index in [1.807, 2.05) is 26.0 Å². The number of nitroso groups, excluding NO2 is 1. The maximum atomic E-state index is 13.6. The van der Waals surface area contributed by atoms with Gasteiger partial charge in [0.15, 0.2) is 17.3 Å². The van der Waals surface area contributed by atoms with E-state index in [1.54, 1.807) is 19.2 Å². The summed E-state index contributed by atoms with van der Waals surface area (Å²) in [6.45, 7) is 6.39. The Hall–Kier alpha value is -4.19. The summed E-state index contributed by atoms with van der Waals surface area (Å²) >= 11 is 5.46. The molecule has 1 aliphatic carbocycles. The number of phenols is 1. The van der Waals surface area contributed by atoms with Crippen LogP contribution in [0.3, 0.4) is 0 Å². The molecule has 13 heteroatoms. The highest BCUT2D eigenvalue weighted by molar-refractivity contribution is 6.18. The molecule has 0 aromatic heterocycles. The lowest BCUT2D eigenvalue weighted by atomic mass is 9.80. The number of nitrogens with zero attached hydrogens (tertiary/aromatic N) is 2. The van der Waals surface area contributed by atoms with Crippen LogP contribution >= 0.6 is 11.6 Å². The highest BCUT2D eigenvalue weighted by Crippen LogP contribution is 2.52. The summed E-state index contributed by atoms with van der Waals surface area (Å²) < 4.78 is 28.8. The third-order valence-electron chi connectivity index (χ3n) is 8.68. The van der Waals surface area contributed by atoms with Gasteiger partial charge in [0.2, 0.25) is 0 Å². The normalized spacial score (nSPS) is 23.2. The molecule has 3 heterocycles. The molecule has 2 aromatic carbocycles. The van der Waals surface area contributed by atoms with Gasteiger partial charge in [-0.05, 0) is 63.7 Å². The number of urea groups is 1. The van der Waals surface area contributed by atoms with E-state index in [4.69, 9.17) is 35.3 Å². The van der Waals surface area contributed by atoms with Gasteiger partial charge in [0, 0.05) is 29.6 Å². The number of hydrogen-bond acceptors (Lipinski definition) is 10. The van der Waals surface area contributed by atoms with Gasteiger partial charge in [0.25, 0.3) is 0 Å². The molecule has 2 amide bonds. The molecule has 0 bridgehead atoms. The third-order valence-corrected chi connectivity index (χ3v) is 8.85. The van der Waals surface area contributed by atoms with Crippen molar-refractivity contribution in [3.8, 4) is 34.5 Å². The van der Waals surface area contributed by atoms with Crippen molar-refractivity contribution < 1.29 is 38.4 Å². The van der Waals surface area contributed by atoms with Crippen LogP contribution in [-0.4, -0.2) is 72.9 Å². The minimum atomic E-state index is -0.630. The zero-order valence-corrected chi connectivity index (χ0v) is 27.4. The van der Waals surface area contributed by atoms with Gasteiger partial charge >= 0.3 is 6.03 Å². The summed E-state index contributed by atoms with van der Waals surface area (Å²) in [5.41, 5.74) is 0.930. The molecule has 248 valence electrons. The Morgan fingerprint density at radius 3 is 2.48 bits per heavy atom. The van der Waals surface area contributed by atoms with Crippen molar-refractivity contribution in [2.45, 2.75) is 70.1 Å². The van der Waals surface area contributed by atoms with E-state index >= 15 is 0 Å². The molecule has 46 heavy (non-hydrogen) atoms. The molecule has 0 radical (unpaired) electrons. The molecule has 6 rings (SSSR count). The Labute approximate surface area is 272 Å². The van der Waals surface area contributed by atoms with Crippen LogP contribution in [0.25, 0.3) is 6.08 Å². The van der Waals surface area contributed by atoms with E-state index in [2.05, 4.69) is 17.5 Å². The van der Waals surface area contributed by atoms with Gasteiger partial charge in [-0.25, -0.2) is 4.79 Å². The standard InChI is InChI=1S/C23H22O7.C10H18ClN3O2/c1-23(2)6-5-11-15(30-23)8-13(24)20-21(25)19-12-7-16(26-3)17(27-4)9-14(12)28-10-18(19)29-22(11)20;1-8-2-4-9(5-3-8)12-10(15)14(13-16)7-6-11/h5-9,18-19,24H,10H2,1-4H3;8-9H,2-7H2,1H3,(H,12,15). The van der Waals surface area contributed by atoms with E-state index in [1.165, 1.54) is 13.2 Å². The summed E-state index contributed by atoms with van der Waals surface area (Å²) in [6, 6.07) is 4.66. The van der Waals surface area contributed by atoms with Crippen molar-refractivity contribution in [3.05, 3.63) is 45.9 Å². The zero-order chi connectivity index (χ0) is 33.2. The van der Waals surface area contributed by atoms with E-state index in [-0.39, 0.29) is 42.2 Å². The second-order valence-electron chi connectivity index (χ2n) is 12.4. The molecule has 2 unspecified atom stereocenters. The summed E-state index contributed by atoms with van der Waals surface area (Å²) in [5, 5.41) is 17.0. The number of aromatic hydroxyl groups is 1. The van der Waals surface area contributed by atoms with Crippen LogP contribution in [0.15, 0.2) is 29.6 Å². The van der Waals surface area contributed by atoms with Gasteiger partial charge in [0.05, 0.1) is 37.5 Å². The zero-order valence-electron chi connectivity index (χ0n) is 26.6. The van der Waals surface area contributed by atoms with Crippen LogP contribution in [0.1, 0.15) is 73.9 Å². The number of fused-ring (bicyclic) bond motifs is 6. The Bertz CT molecular complexity index is 1520. The number of carbonyl (C=O) groups excluding carboxylic acids is 2. The number of alkyl halides is 1. The van der Waals surface area contributed by atoms with Crippen molar-refractivity contribution in [1.29, 1.82) is 0 Å². The third kappa shape index (κ3) is 6.67. The minimum absolute atomic E-state index is 0.153. The summed E-state index contributed by atoms with van der Waals surface area (Å²) in [7, 11) is 3.07. The fourth-order valence-electron chi connectivity index (χ4n) is 6.19. The number of nitrogens with one attached hydrogen (secondary N) is 1. The summed E-state index contributed by atoms with van der Waals surface area (Å²) in [4.78, 5) is 35.5. The number of hydrogen-bond donors (Lipinski definition) is 2. The van der Waals surface area contributed by atoms with Crippen LogP contribution in [-0.2, 0) is 0 Å². The molecule has 0 saturated heterocycles. The van der Waals surface area contributed by atoms with Crippen LogP contribution in [0, 0.1) is 10.8 Å². The quantitative estimate of drug-likeness (QED) is 0.210. The first-order chi connectivity index (χ1) is 22.0. The fraction of sp³-hybridized carbons (Fsp3) is 0.515. The molecule has 2 atom stereocenters. The second-order valence-corrected chi connectivity index (χ2v) is 12.8. The first-order valence-corrected chi connectivity index (χ1v) is 15.9. The molecule has 1 saturated carbocycles. The molecule has 0 spiro atoms. The highest BCUT2D eigenvalue weighted by atomic mass is 35.5. The van der Waals surface area contributed by atoms with Gasteiger partial charge in [0.1, 0.15) is 46.9 Å². The van der Waals surface area contributed by atoms with Crippen molar-refractivity contribution in [3.63, 3.8) is 0 Å². The second kappa shape index (κ2) is 13.7. The topological polar surface area (TPSA) is 145 Å². The largest absolute Gasteiger partial charge is 0.507 e. The van der Waals surface area contributed by atoms with Gasteiger partial charge in [-0.2, -0.15) is 5.01 Å². The average Bonchev–Trinajstić information content (AvgIpc) is 3.03. The molecule has 2 aromatic rings. The molecule has 12 nitrogen and oxygen atoms in total. The summed E-state index contributed by atoms with van der Waals surface area (Å²) in [6.07, 6.45) is 7.42. The van der Waals surface area contributed by atoms with E-state index < -0.39 is 23.7 Å². The van der Waals surface area contributed by atoms with Crippen molar-refractivity contribution >= 4 is 29.5 Å². The number of carbonyl (C=O) groups is 2. The Morgan fingerprint density at radius 2 is 1.83 bits per heavy atom. The number of benzene rings is 2. The summed E-state index contributed by atoms with van der Waals surface area (Å²) in [5.74, 6) is 2.28. The van der Waals surface area contributed by atoms with E-state index in [9.17, 15) is 19.6 Å². The molecular weight excluding hydrogens is 618 g/mol. The number of Topliss-reactive ketones (excluding diaryl/α,β-unsaturated/α-hetero) is 1. The van der Waals surface area contributed by atoms with Crippen LogP contribution in [0.2, 0.25) is 0 Å². The van der Waals surface area contributed by atoms with Crippen molar-refractivity contribution in [2.75, 3.05) is 33.3 Å². The predicted molar refractivity (Wildman–Crippen MR) is 172 cm³/mol. The Balaban J connectivity index is 0.000000222. The predicted octanol–water partition coefficient (Wildman–Crippen LogP) is 6.21. The lowest BCUT2D eigenvalue weighted by Gasteiger charge is -2.39. The number of halogens is 1. The van der Waals surface area contributed by atoms with Crippen molar-refractivity contribution in [1.82, 2.24) is 10.3 Å². The number of ether oxygens (including phenoxy) is 5. The number of rotatable bonds is 6. The monoisotopic (exact) mass is 657 g/mol. The number of phenolic OH excluding ortho intramolecular Hbond substituents is 1. The average molecular weight is 658 g/mol. The molecule has 2 N–H and O–H groups in total. The Morgan fingerprint density at radius 1 is 1.13 bits per heavy atom. The molecule has 3 aliphatic heterocycles. The van der Waals surface area contributed by atoms with Crippen LogP contribution in [0.5, 0.6) is 34.5 Å². The van der Waals surface area contributed by atoms with Crippen LogP contribution < -0.4 is 29.0 Å². The Kier molecular flexibility index (Phi) is 9.85. The number of methoxy groups -OCH3 is 2. The van der Waals surface area contributed by atoms with E-state index in [0.717, 1.165) is 36.6 Å². The van der Waals surface area contributed by atoms with Gasteiger partial charge in [-0.3, -0.25) is 4.79 Å². The lowest BCUT2D eigenvalue weighted by molar-refractivity contribution is 0.0547. The van der Waals surface area contributed by atoms with Gasteiger partial charge in [-0.15, -0.1) is 16.5 Å². The molecule has 1 fully saturated rings. The van der Waals surface area contributed by atoms with E-state index in [0.29, 0.717) is 39.9 Å². The lowest BCUT2D eigenvalue weighted by Crippen LogP contribution is -2.44. The SMILES string of the molecule is CC1CCC(NC(=O)N(CCCl)N=O)CC1.COc1cc2c(cc1OC)C1C(=O)c3c(O)cc4c(c3OC1CO2)C=CC(C)(C)O4. The maximum Gasteiger partial charge on any atom is 0.340 e. The van der Waals surface area contributed by atoms with Gasteiger partial charge in [-0.1, -0.05) is 6.92 Å². The minimum Gasteiger partial charge on any atom is -0.507 e. The van der Waals surface area contributed by atoms with Gasteiger partial charge < -0.3 is 34.1 Å². The van der Waals surface area contributed by atoms with Crippen molar-refractivity contribution in [2.24, 2.45) is 11.2 Å². The number of amides is 2. The smallest absolute Gasteiger partial charge is 0.340 e. The molecular formula is C33H40ClN3O9. The molecule has 4 aliphatic rings. The van der Waals surface area contributed by atoms with Crippen LogP contribution in [0.4, 0.5) is 4.79 Å².